The van der Waals surface area contributed by atoms with Crippen molar-refractivity contribution in [1.82, 2.24) is 14.8 Å². The van der Waals surface area contributed by atoms with Gasteiger partial charge in [0.1, 0.15) is 0 Å². The Kier molecular flexibility index (Phi) is 5.41. The molecule has 0 radical (unpaired) electrons. The van der Waals surface area contributed by atoms with E-state index in [0.717, 1.165) is 10.9 Å². The first-order valence-electron chi connectivity index (χ1n) is 6.64. The highest BCUT2D eigenvalue weighted by Gasteiger charge is 2.20. The van der Waals surface area contributed by atoms with E-state index in [1.165, 1.54) is 11.8 Å². The molecule has 1 N–H and O–H groups in total. The Balaban J connectivity index is 2.14. The Hall–Kier alpha value is -1.34. The summed E-state index contributed by atoms with van der Waals surface area (Å²) >= 11 is 4.64. The first-order valence-corrected chi connectivity index (χ1v) is 8.31. The van der Waals surface area contributed by atoms with Crippen molar-refractivity contribution in [1.29, 1.82) is 0 Å². The molecule has 1 aromatic carbocycles. The predicted octanol–water partition coefficient (Wildman–Crippen LogP) is 3.11. The van der Waals surface area contributed by atoms with Crippen LogP contribution in [0.5, 0.6) is 0 Å². The molecule has 0 fully saturated rings. The third-order valence-corrected chi connectivity index (χ3v) is 4.57. The lowest BCUT2D eigenvalue weighted by molar-refractivity contribution is 0.0994. The van der Waals surface area contributed by atoms with Gasteiger partial charge in [0.2, 0.25) is 0 Å². The van der Waals surface area contributed by atoms with Crippen molar-refractivity contribution < 1.29 is 4.79 Å². The van der Waals surface area contributed by atoms with Crippen LogP contribution in [-0.4, -0.2) is 25.8 Å². The molecule has 0 spiro atoms. The van der Waals surface area contributed by atoms with Crippen molar-refractivity contribution in [2.75, 3.05) is 0 Å². The van der Waals surface area contributed by atoms with Crippen LogP contribution in [0.1, 0.15) is 30.6 Å². The van der Waals surface area contributed by atoms with E-state index in [1.54, 1.807) is 16.7 Å². The van der Waals surface area contributed by atoms with Gasteiger partial charge in [-0.15, -0.1) is 5.10 Å². The van der Waals surface area contributed by atoms with Gasteiger partial charge < -0.3 is 0 Å². The zero-order valence-electron chi connectivity index (χ0n) is 11.8. The number of rotatable bonds is 6. The number of H-pyrrole nitrogens is 1. The minimum atomic E-state index is -0.308. The maximum Gasteiger partial charge on any atom is 0.343 e. The van der Waals surface area contributed by atoms with Gasteiger partial charge in [-0.05, 0) is 25.5 Å². The number of Topliss-reactive ketones (excluding diaryl/α,β-unsaturated/α-hetero) is 1. The third kappa shape index (κ3) is 3.85. The van der Waals surface area contributed by atoms with Gasteiger partial charge in [-0.1, -0.05) is 46.7 Å². The highest BCUT2D eigenvalue weighted by Crippen LogP contribution is 2.23. The first-order chi connectivity index (χ1) is 10.0. The van der Waals surface area contributed by atoms with Gasteiger partial charge in [0.25, 0.3) is 0 Å². The van der Waals surface area contributed by atoms with Gasteiger partial charge in [0.05, 0.1) is 5.25 Å². The zero-order valence-corrected chi connectivity index (χ0v) is 14.2. The highest BCUT2D eigenvalue weighted by molar-refractivity contribution is 9.10. The molecule has 2 rings (SSSR count). The molecule has 21 heavy (non-hydrogen) atoms. The Morgan fingerprint density at radius 2 is 2.10 bits per heavy atom. The van der Waals surface area contributed by atoms with Crippen molar-refractivity contribution in [2.45, 2.75) is 37.2 Å². The van der Waals surface area contributed by atoms with Crippen molar-refractivity contribution in [3.05, 3.63) is 44.8 Å². The maximum atomic E-state index is 12.4. The predicted molar refractivity (Wildman–Crippen MR) is 86.9 cm³/mol. The Bertz CT molecular complexity index is 678. The normalized spacial score (nSPS) is 12.3. The van der Waals surface area contributed by atoms with E-state index >= 15 is 0 Å². The maximum absolute atomic E-state index is 12.4. The minimum Gasteiger partial charge on any atom is -0.293 e. The van der Waals surface area contributed by atoms with Gasteiger partial charge in [-0.3, -0.25) is 9.36 Å². The van der Waals surface area contributed by atoms with Crippen LogP contribution in [0, 0.1) is 0 Å². The largest absolute Gasteiger partial charge is 0.343 e. The smallest absolute Gasteiger partial charge is 0.293 e. The standard InChI is InChI=1S/C14H16BrN3O2S/c1-3-8-18-13(20)16-17-14(18)21-9(2)12(19)10-4-6-11(15)7-5-10/h4-7,9H,3,8H2,1-2H3,(H,16,20). The van der Waals surface area contributed by atoms with Gasteiger partial charge >= 0.3 is 5.69 Å². The fraction of sp³-hybridized carbons (Fsp3) is 0.357. The molecular weight excluding hydrogens is 354 g/mol. The summed E-state index contributed by atoms with van der Waals surface area (Å²) in [5, 5.41) is 6.67. The van der Waals surface area contributed by atoms with Crippen LogP contribution in [0.3, 0.4) is 0 Å². The molecule has 0 amide bonds. The molecule has 1 atom stereocenters. The van der Waals surface area contributed by atoms with E-state index in [4.69, 9.17) is 0 Å². The monoisotopic (exact) mass is 369 g/mol. The summed E-state index contributed by atoms with van der Waals surface area (Å²) < 4.78 is 2.50. The van der Waals surface area contributed by atoms with E-state index in [1.807, 2.05) is 26.0 Å². The zero-order chi connectivity index (χ0) is 15.4. The van der Waals surface area contributed by atoms with E-state index in [2.05, 4.69) is 26.1 Å². The van der Waals surface area contributed by atoms with E-state index in [9.17, 15) is 9.59 Å². The molecule has 1 heterocycles. The van der Waals surface area contributed by atoms with Crippen LogP contribution < -0.4 is 5.69 Å². The average molecular weight is 370 g/mol. The number of thioether (sulfide) groups is 1. The molecule has 1 unspecified atom stereocenters. The van der Waals surface area contributed by atoms with Crippen LogP contribution in [0.2, 0.25) is 0 Å². The van der Waals surface area contributed by atoms with Gasteiger partial charge in [-0.25, -0.2) is 9.89 Å². The lowest BCUT2D eigenvalue weighted by Gasteiger charge is -2.10. The van der Waals surface area contributed by atoms with E-state index in [0.29, 0.717) is 17.3 Å². The van der Waals surface area contributed by atoms with Crippen molar-refractivity contribution in [3.8, 4) is 0 Å². The summed E-state index contributed by atoms with van der Waals surface area (Å²) in [6, 6.07) is 7.25. The van der Waals surface area contributed by atoms with Crippen molar-refractivity contribution >= 4 is 33.5 Å². The average Bonchev–Trinajstić information content (AvgIpc) is 2.81. The summed E-state index contributed by atoms with van der Waals surface area (Å²) in [4.78, 5) is 24.0. The van der Waals surface area contributed by atoms with Crippen LogP contribution in [0.15, 0.2) is 38.7 Å². The molecule has 0 aliphatic rings. The molecule has 2 aromatic rings. The minimum absolute atomic E-state index is 0.0194. The van der Waals surface area contributed by atoms with E-state index in [-0.39, 0.29) is 16.7 Å². The number of benzene rings is 1. The number of aromatic nitrogens is 3. The number of aromatic amines is 1. The van der Waals surface area contributed by atoms with Gasteiger partial charge in [-0.2, -0.15) is 0 Å². The second kappa shape index (κ2) is 7.09. The topological polar surface area (TPSA) is 67.8 Å². The molecule has 0 saturated heterocycles. The number of hydrogen-bond donors (Lipinski definition) is 1. The fourth-order valence-electron chi connectivity index (χ4n) is 1.87. The Morgan fingerprint density at radius 1 is 1.43 bits per heavy atom. The number of carbonyl (C=O) groups excluding carboxylic acids is 1. The number of halogens is 1. The number of hydrogen-bond acceptors (Lipinski definition) is 4. The lowest BCUT2D eigenvalue weighted by Crippen LogP contribution is -2.19. The van der Waals surface area contributed by atoms with Crippen LogP contribution >= 0.6 is 27.7 Å². The highest BCUT2D eigenvalue weighted by atomic mass is 79.9. The second-order valence-corrected chi connectivity index (χ2v) is 6.82. The number of carbonyl (C=O) groups is 1. The Morgan fingerprint density at radius 3 is 2.71 bits per heavy atom. The fourth-order valence-corrected chi connectivity index (χ4v) is 3.10. The molecule has 5 nitrogen and oxygen atoms in total. The SMILES string of the molecule is CCCn1c(SC(C)C(=O)c2ccc(Br)cc2)n[nH]c1=O. The first kappa shape index (κ1) is 16.0. The summed E-state index contributed by atoms with van der Waals surface area (Å²) in [7, 11) is 0. The number of nitrogens with one attached hydrogen (secondary N) is 1. The molecule has 0 bridgehead atoms. The van der Waals surface area contributed by atoms with Crippen molar-refractivity contribution in [2.24, 2.45) is 0 Å². The Labute approximate surface area is 135 Å². The summed E-state index contributed by atoms with van der Waals surface area (Å²) in [5.41, 5.74) is 0.417. The van der Waals surface area contributed by atoms with E-state index < -0.39 is 0 Å². The molecule has 0 aliphatic heterocycles. The molecule has 7 heteroatoms. The van der Waals surface area contributed by atoms with Gasteiger partial charge in [0, 0.05) is 16.6 Å². The van der Waals surface area contributed by atoms with Crippen LogP contribution in [-0.2, 0) is 6.54 Å². The third-order valence-electron chi connectivity index (χ3n) is 2.95. The lowest BCUT2D eigenvalue weighted by atomic mass is 10.1. The van der Waals surface area contributed by atoms with Gasteiger partial charge in [0.15, 0.2) is 10.9 Å². The molecular formula is C14H16BrN3O2S. The second-order valence-electron chi connectivity index (χ2n) is 4.59. The summed E-state index contributed by atoms with van der Waals surface area (Å²) in [5.74, 6) is 0.0194. The van der Waals surface area contributed by atoms with Crippen LogP contribution in [0.4, 0.5) is 0 Å². The van der Waals surface area contributed by atoms with Crippen LogP contribution in [0.25, 0.3) is 0 Å². The summed E-state index contributed by atoms with van der Waals surface area (Å²) in [6.45, 7) is 4.41. The number of ketones is 1. The number of nitrogens with zero attached hydrogens (tertiary/aromatic N) is 2. The molecule has 0 saturated carbocycles. The molecule has 1 aromatic heterocycles. The summed E-state index contributed by atoms with van der Waals surface area (Å²) in [6.07, 6.45) is 0.835. The molecule has 112 valence electrons. The van der Waals surface area contributed by atoms with Crippen molar-refractivity contribution in [3.63, 3.8) is 0 Å². The molecule has 0 aliphatic carbocycles. The quantitative estimate of drug-likeness (QED) is 0.627.